The summed E-state index contributed by atoms with van der Waals surface area (Å²) >= 11 is 0. The monoisotopic (exact) mass is 196 g/mol. The third-order valence-corrected chi connectivity index (χ3v) is 2.12. The maximum absolute atomic E-state index is 5.59. The van der Waals surface area contributed by atoms with Crippen molar-refractivity contribution in [2.24, 2.45) is 0 Å². The van der Waals surface area contributed by atoms with Crippen LogP contribution in [-0.2, 0) is 11.8 Å². The van der Waals surface area contributed by atoms with Crippen LogP contribution in [0.5, 0.6) is 0 Å². The number of hydrogen-bond acceptors (Lipinski definition) is 3. The summed E-state index contributed by atoms with van der Waals surface area (Å²) < 4.78 is 5.59. The third-order valence-electron chi connectivity index (χ3n) is 2.12. The van der Waals surface area contributed by atoms with Gasteiger partial charge in [0.05, 0.1) is 5.69 Å². The van der Waals surface area contributed by atoms with Gasteiger partial charge in [0.25, 0.3) is 0 Å². The van der Waals surface area contributed by atoms with E-state index < -0.39 is 0 Å². The number of nitrogens with one attached hydrogen (secondary N) is 1. The van der Waals surface area contributed by atoms with Crippen LogP contribution in [0.2, 0.25) is 0 Å². The van der Waals surface area contributed by atoms with Crippen molar-refractivity contribution >= 4 is 0 Å². The van der Waals surface area contributed by atoms with E-state index in [-0.39, 0.29) is 5.41 Å². The number of aromatic nitrogens is 1. The van der Waals surface area contributed by atoms with Gasteiger partial charge in [-0.15, -0.1) is 0 Å². The van der Waals surface area contributed by atoms with Gasteiger partial charge in [-0.25, -0.2) is 4.98 Å². The number of oxazole rings is 1. The smallest absolute Gasteiger partial charge is 0.191 e. The Labute approximate surface area is 85.9 Å². The van der Waals surface area contributed by atoms with Gasteiger partial charge in [0.15, 0.2) is 5.89 Å². The third kappa shape index (κ3) is 2.58. The van der Waals surface area contributed by atoms with Gasteiger partial charge in [-0.3, -0.25) is 0 Å². The predicted octanol–water partition coefficient (Wildman–Crippen LogP) is 2.04. The quantitative estimate of drug-likeness (QED) is 0.804. The molecule has 0 bridgehead atoms. The van der Waals surface area contributed by atoms with Gasteiger partial charge < -0.3 is 9.73 Å². The van der Waals surface area contributed by atoms with E-state index in [1.54, 1.807) is 0 Å². The van der Waals surface area contributed by atoms with Gasteiger partial charge >= 0.3 is 0 Å². The minimum Gasteiger partial charge on any atom is -0.446 e. The Morgan fingerprint density at radius 3 is 2.50 bits per heavy atom. The molecule has 1 N–H and O–H groups in total. The molecule has 0 aliphatic carbocycles. The van der Waals surface area contributed by atoms with Crippen molar-refractivity contribution < 1.29 is 4.42 Å². The Hall–Kier alpha value is -0.830. The molecule has 0 saturated heterocycles. The Morgan fingerprint density at radius 2 is 2.00 bits per heavy atom. The second-order valence-corrected chi connectivity index (χ2v) is 4.61. The Balaban J connectivity index is 2.91. The predicted molar refractivity (Wildman–Crippen MR) is 57.6 cm³/mol. The Morgan fingerprint density at radius 1 is 1.36 bits per heavy atom. The summed E-state index contributed by atoms with van der Waals surface area (Å²) in [6.07, 6.45) is 0.907. The van der Waals surface area contributed by atoms with Crippen LogP contribution < -0.4 is 5.32 Å². The highest BCUT2D eigenvalue weighted by Crippen LogP contribution is 2.25. The van der Waals surface area contributed by atoms with E-state index in [1.807, 2.05) is 14.0 Å². The number of aryl methyl sites for hydroxylation is 1. The highest BCUT2D eigenvalue weighted by molar-refractivity contribution is 5.18. The first kappa shape index (κ1) is 11.2. The minimum absolute atomic E-state index is 0.0703. The van der Waals surface area contributed by atoms with Crippen LogP contribution in [0.4, 0.5) is 0 Å². The lowest BCUT2D eigenvalue weighted by Gasteiger charge is -2.16. The molecule has 80 valence electrons. The van der Waals surface area contributed by atoms with Crippen LogP contribution in [0.15, 0.2) is 4.42 Å². The molecule has 0 unspecified atom stereocenters. The molecule has 0 aliphatic heterocycles. The van der Waals surface area contributed by atoms with E-state index in [0.29, 0.717) is 0 Å². The molecular weight excluding hydrogens is 176 g/mol. The summed E-state index contributed by atoms with van der Waals surface area (Å²) in [5.74, 6) is 1.78. The molecule has 0 saturated carbocycles. The molecule has 0 aliphatic rings. The lowest BCUT2D eigenvalue weighted by Crippen LogP contribution is -2.17. The van der Waals surface area contributed by atoms with E-state index in [9.17, 15) is 0 Å². The maximum Gasteiger partial charge on any atom is 0.191 e. The summed E-state index contributed by atoms with van der Waals surface area (Å²) in [7, 11) is 1.94. The standard InChI is InChI=1S/C11H20N2O/c1-8-13-10(11(2,3)4)9(14-8)6-7-12-5/h12H,6-7H2,1-5H3. The first-order chi connectivity index (χ1) is 6.45. The van der Waals surface area contributed by atoms with E-state index in [0.717, 1.165) is 30.3 Å². The van der Waals surface area contributed by atoms with Crippen LogP contribution in [0, 0.1) is 6.92 Å². The molecule has 0 atom stereocenters. The van der Waals surface area contributed by atoms with E-state index in [4.69, 9.17) is 4.42 Å². The number of rotatable bonds is 3. The molecule has 1 aromatic heterocycles. The maximum atomic E-state index is 5.59. The molecule has 1 heterocycles. The molecule has 1 aromatic rings. The van der Waals surface area contributed by atoms with Crippen LogP contribution >= 0.6 is 0 Å². The average Bonchev–Trinajstić information content (AvgIpc) is 2.42. The van der Waals surface area contributed by atoms with Gasteiger partial charge in [0, 0.05) is 25.3 Å². The summed E-state index contributed by atoms with van der Waals surface area (Å²) in [4.78, 5) is 4.44. The summed E-state index contributed by atoms with van der Waals surface area (Å²) in [6.45, 7) is 9.31. The van der Waals surface area contributed by atoms with E-state index >= 15 is 0 Å². The summed E-state index contributed by atoms with van der Waals surface area (Å²) in [5.41, 5.74) is 1.16. The van der Waals surface area contributed by atoms with Crippen molar-refractivity contribution in [2.45, 2.75) is 39.5 Å². The van der Waals surface area contributed by atoms with Crippen LogP contribution in [0.1, 0.15) is 38.1 Å². The molecule has 0 radical (unpaired) electrons. The van der Waals surface area contributed by atoms with Gasteiger partial charge in [0.1, 0.15) is 5.76 Å². The number of hydrogen-bond donors (Lipinski definition) is 1. The highest BCUT2D eigenvalue weighted by atomic mass is 16.4. The lowest BCUT2D eigenvalue weighted by atomic mass is 9.90. The fourth-order valence-electron chi connectivity index (χ4n) is 1.46. The van der Waals surface area contributed by atoms with E-state index in [1.165, 1.54) is 0 Å². The average molecular weight is 196 g/mol. The van der Waals surface area contributed by atoms with Gasteiger partial charge in [-0.05, 0) is 7.05 Å². The first-order valence-electron chi connectivity index (χ1n) is 5.06. The van der Waals surface area contributed by atoms with Crippen molar-refractivity contribution in [3.05, 3.63) is 17.3 Å². The van der Waals surface area contributed by atoms with Gasteiger partial charge in [-0.1, -0.05) is 20.8 Å². The zero-order valence-corrected chi connectivity index (χ0v) is 9.77. The van der Waals surface area contributed by atoms with Crippen LogP contribution in [0.3, 0.4) is 0 Å². The second-order valence-electron chi connectivity index (χ2n) is 4.61. The zero-order chi connectivity index (χ0) is 10.8. The molecule has 0 spiro atoms. The fraction of sp³-hybridized carbons (Fsp3) is 0.727. The number of likely N-dealkylation sites (N-methyl/N-ethyl adjacent to an activating group) is 1. The second kappa shape index (κ2) is 4.13. The van der Waals surface area contributed by atoms with Gasteiger partial charge in [-0.2, -0.15) is 0 Å². The summed E-state index contributed by atoms with van der Waals surface area (Å²) in [5, 5.41) is 3.12. The molecule has 0 aromatic carbocycles. The molecule has 14 heavy (non-hydrogen) atoms. The first-order valence-corrected chi connectivity index (χ1v) is 5.06. The lowest BCUT2D eigenvalue weighted by molar-refractivity contribution is 0.460. The highest BCUT2D eigenvalue weighted by Gasteiger charge is 2.23. The molecular formula is C11H20N2O. The molecule has 1 rings (SSSR count). The van der Waals surface area contributed by atoms with Crippen LogP contribution in [-0.4, -0.2) is 18.6 Å². The Bertz CT molecular complexity index is 297. The van der Waals surface area contributed by atoms with Gasteiger partial charge in [0.2, 0.25) is 0 Å². The number of nitrogens with zero attached hydrogens (tertiary/aromatic N) is 1. The van der Waals surface area contributed by atoms with E-state index in [2.05, 4.69) is 31.1 Å². The fourth-order valence-corrected chi connectivity index (χ4v) is 1.46. The molecule has 3 heteroatoms. The zero-order valence-electron chi connectivity index (χ0n) is 9.77. The minimum atomic E-state index is 0.0703. The molecule has 0 fully saturated rings. The van der Waals surface area contributed by atoms with Crippen molar-refractivity contribution in [3.63, 3.8) is 0 Å². The Kier molecular flexibility index (Phi) is 3.32. The summed E-state index contributed by atoms with van der Waals surface area (Å²) in [6, 6.07) is 0. The topological polar surface area (TPSA) is 38.1 Å². The van der Waals surface area contributed by atoms with Crippen LogP contribution in [0.25, 0.3) is 0 Å². The van der Waals surface area contributed by atoms with Crippen molar-refractivity contribution in [3.8, 4) is 0 Å². The normalized spacial score (nSPS) is 12.1. The van der Waals surface area contributed by atoms with Crippen molar-refractivity contribution in [1.29, 1.82) is 0 Å². The molecule has 3 nitrogen and oxygen atoms in total. The van der Waals surface area contributed by atoms with Crippen molar-refractivity contribution in [1.82, 2.24) is 10.3 Å². The van der Waals surface area contributed by atoms with Crippen molar-refractivity contribution in [2.75, 3.05) is 13.6 Å². The SMILES string of the molecule is CNCCc1oc(C)nc1C(C)(C)C. The largest absolute Gasteiger partial charge is 0.446 e. The molecule has 0 amide bonds.